The Bertz CT molecular complexity index is 451. The van der Waals surface area contributed by atoms with Gasteiger partial charge in [0.1, 0.15) is 6.17 Å². The Morgan fingerprint density at radius 3 is 3.00 bits per heavy atom. The monoisotopic (exact) mass is 282 g/mol. The summed E-state index contributed by atoms with van der Waals surface area (Å²) in [6, 6.07) is 4.04. The SMILES string of the molecule is FC1CCN(Cc2nc(S)ccc2C2CCOC2)C1. The third-order valence-electron chi connectivity index (χ3n) is 3.95. The van der Waals surface area contributed by atoms with E-state index in [2.05, 4.69) is 28.6 Å². The van der Waals surface area contributed by atoms with Crippen molar-refractivity contribution in [3.8, 4) is 0 Å². The topological polar surface area (TPSA) is 25.4 Å². The lowest BCUT2D eigenvalue weighted by Crippen LogP contribution is -2.22. The number of ether oxygens (including phenoxy) is 1. The maximum atomic E-state index is 13.3. The second kappa shape index (κ2) is 5.77. The maximum Gasteiger partial charge on any atom is 0.114 e. The summed E-state index contributed by atoms with van der Waals surface area (Å²) in [5.74, 6) is 0.431. The van der Waals surface area contributed by atoms with Crippen molar-refractivity contribution in [1.82, 2.24) is 9.88 Å². The van der Waals surface area contributed by atoms with E-state index in [1.807, 2.05) is 6.07 Å². The zero-order valence-electron chi connectivity index (χ0n) is 10.9. The molecular weight excluding hydrogens is 263 g/mol. The van der Waals surface area contributed by atoms with Gasteiger partial charge >= 0.3 is 0 Å². The van der Waals surface area contributed by atoms with Crippen LogP contribution in [0.3, 0.4) is 0 Å². The molecule has 0 spiro atoms. The number of thiol groups is 1. The van der Waals surface area contributed by atoms with Gasteiger partial charge in [-0.05, 0) is 24.5 Å². The Balaban J connectivity index is 1.79. The number of alkyl halides is 1. The van der Waals surface area contributed by atoms with E-state index in [1.165, 1.54) is 5.56 Å². The van der Waals surface area contributed by atoms with Gasteiger partial charge in [0, 0.05) is 32.2 Å². The zero-order valence-corrected chi connectivity index (χ0v) is 11.8. The van der Waals surface area contributed by atoms with Crippen LogP contribution in [0.2, 0.25) is 0 Å². The lowest BCUT2D eigenvalue weighted by molar-refractivity contribution is 0.193. The molecule has 0 saturated carbocycles. The molecule has 2 fully saturated rings. The van der Waals surface area contributed by atoms with Crippen LogP contribution in [-0.2, 0) is 11.3 Å². The Morgan fingerprint density at radius 2 is 2.32 bits per heavy atom. The lowest BCUT2D eigenvalue weighted by atomic mass is 9.97. The van der Waals surface area contributed by atoms with Gasteiger partial charge in [-0.25, -0.2) is 9.37 Å². The normalized spacial score (nSPS) is 28.1. The predicted octanol–water partition coefficient (Wildman–Crippen LogP) is 2.42. The van der Waals surface area contributed by atoms with Crippen molar-refractivity contribution in [2.75, 3.05) is 26.3 Å². The van der Waals surface area contributed by atoms with Crippen LogP contribution < -0.4 is 0 Å². The van der Waals surface area contributed by atoms with Gasteiger partial charge in [0.05, 0.1) is 17.3 Å². The molecule has 3 nitrogen and oxygen atoms in total. The molecule has 2 atom stereocenters. The fourth-order valence-electron chi connectivity index (χ4n) is 2.92. The van der Waals surface area contributed by atoms with Gasteiger partial charge in [-0.15, -0.1) is 12.6 Å². The molecule has 0 aliphatic carbocycles. The Labute approximate surface area is 118 Å². The number of rotatable bonds is 3. The minimum atomic E-state index is -0.683. The van der Waals surface area contributed by atoms with E-state index in [1.54, 1.807) is 0 Å². The van der Waals surface area contributed by atoms with Crippen molar-refractivity contribution >= 4 is 12.6 Å². The number of hydrogen-bond donors (Lipinski definition) is 1. The molecule has 5 heteroatoms. The Hall–Kier alpha value is -0.650. The Morgan fingerprint density at radius 1 is 1.42 bits per heavy atom. The second-order valence-electron chi connectivity index (χ2n) is 5.39. The molecule has 3 heterocycles. The standard InChI is InChI=1S/C14H19FN2OS/c15-11-3-5-17(7-11)8-13-12(1-2-14(19)16-13)10-4-6-18-9-10/h1-2,10-11H,3-9H2,(H,16,19). The van der Waals surface area contributed by atoms with E-state index in [0.717, 1.165) is 43.4 Å². The van der Waals surface area contributed by atoms with Gasteiger partial charge in [0.15, 0.2) is 0 Å². The van der Waals surface area contributed by atoms with Crippen molar-refractivity contribution in [2.45, 2.75) is 36.5 Å². The molecule has 2 unspecified atom stereocenters. The zero-order chi connectivity index (χ0) is 13.2. The minimum Gasteiger partial charge on any atom is -0.381 e. The first-order chi connectivity index (χ1) is 9.22. The third-order valence-corrected chi connectivity index (χ3v) is 4.20. The fraction of sp³-hybridized carbons (Fsp3) is 0.643. The summed E-state index contributed by atoms with van der Waals surface area (Å²) in [5.41, 5.74) is 2.29. The molecule has 3 rings (SSSR count). The molecule has 0 aromatic carbocycles. The average Bonchev–Trinajstić information content (AvgIpc) is 3.01. The number of hydrogen-bond acceptors (Lipinski definition) is 4. The van der Waals surface area contributed by atoms with Gasteiger partial charge in [-0.1, -0.05) is 6.07 Å². The molecule has 2 aliphatic heterocycles. The number of aromatic nitrogens is 1. The van der Waals surface area contributed by atoms with E-state index in [-0.39, 0.29) is 0 Å². The third kappa shape index (κ3) is 3.09. The summed E-state index contributed by atoms with van der Waals surface area (Å²) >= 11 is 4.32. The van der Waals surface area contributed by atoms with Crippen LogP contribution in [0, 0.1) is 0 Å². The summed E-state index contributed by atoms with van der Waals surface area (Å²) in [5, 5.41) is 0.730. The number of likely N-dealkylation sites (tertiary alicyclic amines) is 1. The molecule has 19 heavy (non-hydrogen) atoms. The van der Waals surface area contributed by atoms with Crippen LogP contribution in [0.25, 0.3) is 0 Å². The highest BCUT2D eigenvalue weighted by atomic mass is 32.1. The van der Waals surface area contributed by atoms with Crippen LogP contribution in [0.1, 0.15) is 30.0 Å². The molecule has 0 amide bonds. The maximum absolute atomic E-state index is 13.3. The fourth-order valence-corrected chi connectivity index (χ4v) is 3.11. The van der Waals surface area contributed by atoms with Crippen molar-refractivity contribution in [2.24, 2.45) is 0 Å². The summed E-state index contributed by atoms with van der Waals surface area (Å²) in [6.07, 6.45) is 1.01. The van der Waals surface area contributed by atoms with Crippen LogP contribution in [0.4, 0.5) is 4.39 Å². The summed E-state index contributed by atoms with van der Waals surface area (Å²) < 4.78 is 18.7. The first-order valence-corrected chi connectivity index (χ1v) is 7.30. The molecule has 0 N–H and O–H groups in total. The van der Waals surface area contributed by atoms with Gasteiger partial charge in [0.2, 0.25) is 0 Å². The Kier molecular flexibility index (Phi) is 4.05. The molecule has 1 aromatic heterocycles. The highest BCUT2D eigenvalue weighted by Crippen LogP contribution is 2.29. The van der Waals surface area contributed by atoms with Crippen molar-refractivity contribution < 1.29 is 9.13 Å². The number of pyridine rings is 1. The second-order valence-corrected chi connectivity index (χ2v) is 5.85. The van der Waals surface area contributed by atoms with E-state index >= 15 is 0 Å². The first kappa shape index (κ1) is 13.3. The van der Waals surface area contributed by atoms with Crippen molar-refractivity contribution in [3.63, 3.8) is 0 Å². The van der Waals surface area contributed by atoms with Gasteiger partial charge in [0.25, 0.3) is 0 Å². The number of nitrogens with zero attached hydrogens (tertiary/aromatic N) is 2. The number of halogens is 1. The van der Waals surface area contributed by atoms with Gasteiger partial charge < -0.3 is 4.74 Å². The van der Waals surface area contributed by atoms with E-state index < -0.39 is 6.17 Å². The summed E-state index contributed by atoms with van der Waals surface area (Å²) in [6.45, 7) is 3.66. The van der Waals surface area contributed by atoms with Crippen molar-refractivity contribution in [3.05, 3.63) is 23.4 Å². The minimum absolute atomic E-state index is 0.431. The molecular formula is C14H19FN2OS. The molecule has 1 aromatic rings. The largest absolute Gasteiger partial charge is 0.381 e. The van der Waals surface area contributed by atoms with Gasteiger partial charge in [-0.3, -0.25) is 4.90 Å². The smallest absolute Gasteiger partial charge is 0.114 e. The molecule has 2 saturated heterocycles. The predicted molar refractivity (Wildman–Crippen MR) is 74.5 cm³/mol. The summed E-state index contributed by atoms with van der Waals surface area (Å²) in [4.78, 5) is 6.69. The molecule has 0 bridgehead atoms. The summed E-state index contributed by atoms with van der Waals surface area (Å²) in [7, 11) is 0. The van der Waals surface area contributed by atoms with Crippen LogP contribution in [0.5, 0.6) is 0 Å². The molecule has 104 valence electrons. The van der Waals surface area contributed by atoms with Crippen LogP contribution in [-0.4, -0.2) is 42.4 Å². The van der Waals surface area contributed by atoms with Crippen molar-refractivity contribution in [1.29, 1.82) is 0 Å². The van der Waals surface area contributed by atoms with E-state index in [0.29, 0.717) is 18.9 Å². The lowest BCUT2D eigenvalue weighted by Gasteiger charge is -2.19. The van der Waals surface area contributed by atoms with E-state index in [9.17, 15) is 4.39 Å². The quantitative estimate of drug-likeness (QED) is 0.862. The van der Waals surface area contributed by atoms with Crippen LogP contribution >= 0.6 is 12.6 Å². The molecule has 2 aliphatic rings. The van der Waals surface area contributed by atoms with Gasteiger partial charge in [-0.2, -0.15) is 0 Å². The van der Waals surface area contributed by atoms with E-state index in [4.69, 9.17) is 4.74 Å². The average molecular weight is 282 g/mol. The molecule has 0 radical (unpaired) electrons. The highest BCUT2D eigenvalue weighted by Gasteiger charge is 2.26. The first-order valence-electron chi connectivity index (χ1n) is 6.85. The highest BCUT2D eigenvalue weighted by molar-refractivity contribution is 7.80. The van der Waals surface area contributed by atoms with Crippen LogP contribution in [0.15, 0.2) is 17.2 Å².